The van der Waals surface area contributed by atoms with Crippen molar-refractivity contribution in [3.63, 3.8) is 0 Å². The largest absolute Gasteiger partial charge is 0.496 e. The Hall–Kier alpha value is -1.60. The first-order valence-electron chi connectivity index (χ1n) is 6.69. The summed E-state index contributed by atoms with van der Waals surface area (Å²) in [5.41, 5.74) is 1.09. The molecule has 0 unspecified atom stereocenters. The molecule has 0 aromatic heterocycles. The van der Waals surface area contributed by atoms with E-state index in [0.29, 0.717) is 35.3 Å². The van der Waals surface area contributed by atoms with Crippen LogP contribution >= 0.6 is 0 Å². The predicted octanol–water partition coefficient (Wildman–Crippen LogP) is 1.29. The fourth-order valence-electron chi connectivity index (χ4n) is 2.19. The lowest BCUT2D eigenvalue weighted by Gasteiger charge is -2.12. The molecule has 0 bridgehead atoms. The van der Waals surface area contributed by atoms with E-state index in [0.717, 1.165) is 0 Å². The number of ether oxygens (including phenoxy) is 2. The van der Waals surface area contributed by atoms with Crippen molar-refractivity contribution in [3.8, 4) is 5.75 Å². The van der Waals surface area contributed by atoms with Crippen molar-refractivity contribution in [1.82, 2.24) is 0 Å². The van der Waals surface area contributed by atoms with Crippen LogP contribution in [0.1, 0.15) is 25.0 Å². The number of sulfonamides is 1. The van der Waals surface area contributed by atoms with Crippen molar-refractivity contribution in [3.05, 3.63) is 29.3 Å². The van der Waals surface area contributed by atoms with Crippen LogP contribution in [0.4, 0.5) is 0 Å². The topological polar surface area (TPSA) is 91.0 Å². The van der Waals surface area contributed by atoms with Crippen molar-refractivity contribution in [2.45, 2.75) is 25.6 Å². The molecule has 7 heteroatoms. The molecule has 0 aliphatic carbocycles. The molecule has 2 N–H and O–H groups in total. The average molecular weight is 312 g/mol. The van der Waals surface area contributed by atoms with Crippen molar-refractivity contribution < 1.29 is 17.9 Å². The number of aliphatic imine (C=N–C) groups is 1. The highest BCUT2D eigenvalue weighted by atomic mass is 32.2. The number of nitrogens with zero attached hydrogens (tertiary/aromatic N) is 1. The molecule has 2 rings (SSSR count). The Labute approximate surface area is 125 Å². The van der Waals surface area contributed by atoms with Crippen LogP contribution in [0.25, 0.3) is 0 Å². The Balaban J connectivity index is 2.47. The van der Waals surface area contributed by atoms with Crippen LogP contribution in [0.15, 0.2) is 23.2 Å². The normalized spacial score (nSPS) is 18.5. The van der Waals surface area contributed by atoms with Gasteiger partial charge >= 0.3 is 0 Å². The van der Waals surface area contributed by atoms with E-state index in [2.05, 4.69) is 18.8 Å². The van der Waals surface area contributed by atoms with Crippen molar-refractivity contribution in [2.24, 2.45) is 16.0 Å². The number of rotatable bonds is 5. The maximum atomic E-state index is 11.5. The van der Waals surface area contributed by atoms with Crippen molar-refractivity contribution in [2.75, 3.05) is 13.7 Å². The Morgan fingerprint density at radius 1 is 1.48 bits per heavy atom. The number of methoxy groups -OCH3 is 1. The minimum atomic E-state index is -3.68. The Kier molecular flexibility index (Phi) is 4.53. The second kappa shape index (κ2) is 6.03. The van der Waals surface area contributed by atoms with Crippen LogP contribution in [-0.2, 0) is 20.5 Å². The van der Waals surface area contributed by atoms with E-state index in [4.69, 9.17) is 14.6 Å². The highest BCUT2D eigenvalue weighted by Gasteiger charge is 2.26. The Morgan fingerprint density at radius 3 is 2.71 bits per heavy atom. The fourth-order valence-corrected chi connectivity index (χ4v) is 2.89. The SMILES string of the molecule is COc1cccc(C2=N[C@@H](C(C)C)CO2)c1CS(N)(=O)=O. The van der Waals surface area contributed by atoms with Crippen LogP contribution < -0.4 is 9.88 Å². The zero-order valence-electron chi connectivity index (χ0n) is 12.4. The highest BCUT2D eigenvalue weighted by molar-refractivity contribution is 7.88. The summed E-state index contributed by atoms with van der Waals surface area (Å²) in [7, 11) is -2.20. The minimum absolute atomic E-state index is 0.0773. The average Bonchev–Trinajstić information content (AvgIpc) is 2.86. The van der Waals surface area contributed by atoms with Gasteiger partial charge in [-0.15, -0.1) is 0 Å². The Morgan fingerprint density at radius 2 is 2.19 bits per heavy atom. The molecule has 0 fully saturated rings. The number of primary sulfonamides is 1. The zero-order chi connectivity index (χ0) is 15.6. The summed E-state index contributed by atoms with van der Waals surface area (Å²) in [6.45, 7) is 4.63. The van der Waals surface area contributed by atoms with Gasteiger partial charge in [0.1, 0.15) is 12.4 Å². The molecule has 1 aromatic rings. The van der Waals surface area contributed by atoms with Gasteiger partial charge in [0.05, 0.1) is 18.9 Å². The molecular weight excluding hydrogens is 292 g/mol. The van der Waals surface area contributed by atoms with Gasteiger partial charge in [0, 0.05) is 11.1 Å². The molecule has 21 heavy (non-hydrogen) atoms. The molecule has 0 radical (unpaired) electrons. The summed E-state index contributed by atoms with van der Waals surface area (Å²) in [5.74, 6) is 0.947. The lowest BCUT2D eigenvalue weighted by atomic mass is 10.1. The van der Waals surface area contributed by atoms with Gasteiger partial charge in [-0.1, -0.05) is 19.9 Å². The van der Waals surface area contributed by atoms with Gasteiger partial charge < -0.3 is 9.47 Å². The molecular formula is C14H20N2O4S. The smallest absolute Gasteiger partial charge is 0.217 e. The maximum Gasteiger partial charge on any atom is 0.217 e. The maximum absolute atomic E-state index is 11.5. The lowest BCUT2D eigenvalue weighted by Crippen LogP contribution is -2.18. The summed E-state index contributed by atoms with van der Waals surface area (Å²) in [6, 6.07) is 5.31. The standard InChI is InChI=1S/C14H20N2O4S/c1-9(2)12-7-20-14(16-12)10-5-4-6-13(19-3)11(10)8-21(15,17)18/h4-6,9,12H,7-8H2,1-3H3,(H2,15,17,18)/t12-/m1/s1. The Bertz CT molecular complexity index is 653. The molecule has 1 atom stereocenters. The monoisotopic (exact) mass is 312 g/mol. The van der Waals surface area contributed by atoms with E-state index in [1.807, 2.05) is 0 Å². The van der Waals surface area contributed by atoms with Crippen LogP contribution in [0, 0.1) is 5.92 Å². The highest BCUT2D eigenvalue weighted by Crippen LogP contribution is 2.27. The summed E-state index contributed by atoms with van der Waals surface area (Å²) >= 11 is 0. The summed E-state index contributed by atoms with van der Waals surface area (Å²) < 4.78 is 33.8. The molecule has 0 spiro atoms. The third-order valence-corrected chi connectivity index (χ3v) is 4.06. The van der Waals surface area contributed by atoms with Gasteiger partial charge in [-0.25, -0.2) is 18.5 Å². The third-order valence-electron chi connectivity index (χ3n) is 3.37. The van der Waals surface area contributed by atoms with Gasteiger partial charge in [0.25, 0.3) is 0 Å². The minimum Gasteiger partial charge on any atom is -0.496 e. The number of benzene rings is 1. The van der Waals surface area contributed by atoms with Gasteiger partial charge in [-0.3, -0.25) is 0 Å². The van der Waals surface area contributed by atoms with Crippen LogP contribution in [-0.4, -0.2) is 34.1 Å². The molecule has 1 aliphatic heterocycles. The molecule has 6 nitrogen and oxygen atoms in total. The van der Waals surface area contributed by atoms with Crippen LogP contribution in [0.3, 0.4) is 0 Å². The molecule has 1 heterocycles. The summed E-state index contributed by atoms with van der Waals surface area (Å²) in [4.78, 5) is 4.53. The quantitative estimate of drug-likeness (QED) is 0.886. The number of nitrogens with two attached hydrogens (primary N) is 1. The van der Waals surface area contributed by atoms with Gasteiger partial charge in [0.2, 0.25) is 15.9 Å². The van der Waals surface area contributed by atoms with E-state index in [-0.39, 0.29) is 11.8 Å². The number of hydrogen-bond donors (Lipinski definition) is 1. The molecule has 1 aromatic carbocycles. The van der Waals surface area contributed by atoms with E-state index >= 15 is 0 Å². The molecule has 0 saturated carbocycles. The van der Waals surface area contributed by atoms with Gasteiger partial charge in [-0.05, 0) is 18.1 Å². The van der Waals surface area contributed by atoms with Gasteiger partial charge in [-0.2, -0.15) is 0 Å². The predicted molar refractivity (Wildman–Crippen MR) is 80.9 cm³/mol. The first-order chi connectivity index (χ1) is 9.81. The molecule has 116 valence electrons. The van der Waals surface area contributed by atoms with E-state index < -0.39 is 10.0 Å². The molecule has 0 amide bonds. The fraction of sp³-hybridized carbons (Fsp3) is 0.500. The van der Waals surface area contributed by atoms with E-state index in [1.54, 1.807) is 18.2 Å². The van der Waals surface area contributed by atoms with Crippen molar-refractivity contribution >= 4 is 15.9 Å². The summed E-state index contributed by atoms with van der Waals surface area (Å²) in [6.07, 6.45) is 0. The first-order valence-corrected chi connectivity index (χ1v) is 8.40. The van der Waals surface area contributed by atoms with Crippen LogP contribution in [0.2, 0.25) is 0 Å². The van der Waals surface area contributed by atoms with Crippen LogP contribution in [0.5, 0.6) is 5.75 Å². The van der Waals surface area contributed by atoms with E-state index in [1.165, 1.54) is 7.11 Å². The second-order valence-electron chi connectivity index (χ2n) is 5.35. The zero-order valence-corrected chi connectivity index (χ0v) is 13.2. The third kappa shape index (κ3) is 3.74. The molecule has 1 aliphatic rings. The van der Waals surface area contributed by atoms with E-state index in [9.17, 15) is 8.42 Å². The lowest BCUT2D eigenvalue weighted by molar-refractivity contribution is 0.291. The summed E-state index contributed by atoms with van der Waals surface area (Å²) in [5, 5.41) is 5.17. The second-order valence-corrected chi connectivity index (χ2v) is 6.96. The first kappa shape index (κ1) is 15.8. The van der Waals surface area contributed by atoms with Gasteiger partial charge in [0.15, 0.2) is 0 Å². The van der Waals surface area contributed by atoms with Crippen molar-refractivity contribution in [1.29, 1.82) is 0 Å². The molecule has 0 saturated heterocycles. The number of hydrogen-bond acceptors (Lipinski definition) is 5.